The van der Waals surface area contributed by atoms with Gasteiger partial charge in [0.05, 0.1) is 18.7 Å². The Kier molecular flexibility index (Phi) is 4.17. The lowest BCUT2D eigenvalue weighted by molar-refractivity contribution is 0.0475. The smallest absolute Gasteiger partial charge is 0.119 e. The SMILES string of the molecule is C=CC1CN2CCC1CC2/C(=N\O)c1ccnc2ccc(OC)cc12. The number of methoxy groups -OCH3 is 1. The van der Waals surface area contributed by atoms with Crippen LogP contribution in [0.4, 0.5) is 0 Å². The zero-order valence-electron chi connectivity index (χ0n) is 14.4. The fraction of sp³-hybridized carbons (Fsp3) is 0.400. The summed E-state index contributed by atoms with van der Waals surface area (Å²) < 4.78 is 5.36. The van der Waals surface area contributed by atoms with Crippen molar-refractivity contribution in [3.8, 4) is 5.75 Å². The average molecular weight is 337 g/mol. The Hall–Kier alpha value is -2.40. The van der Waals surface area contributed by atoms with Crippen LogP contribution in [0.15, 0.2) is 48.3 Å². The van der Waals surface area contributed by atoms with Crippen LogP contribution in [0.25, 0.3) is 10.9 Å². The summed E-state index contributed by atoms with van der Waals surface area (Å²) in [5, 5.41) is 14.6. The zero-order valence-corrected chi connectivity index (χ0v) is 14.4. The van der Waals surface area contributed by atoms with Crippen LogP contribution in [0.1, 0.15) is 18.4 Å². The lowest BCUT2D eigenvalue weighted by Crippen LogP contribution is -2.56. The van der Waals surface area contributed by atoms with E-state index in [4.69, 9.17) is 4.74 Å². The molecule has 4 unspecified atom stereocenters. The maximum absolute atomic E-state index is 9.86. The van der Waals surface area contributed by atoms with E-state index in [1.54, 1.807) is 13.3 Å². The first-order valence-corrected chi connectivity index (χ1v) is 8.77. The molecule has 4 heterocycles. The third-order valence-electron chi connectivity index (χ3n) is 5.76. The molecular weight excluding hydrogens is 314 g/mol. The summed E-state index contributed by atoms with van der Waals surface area (Å²) in [5.74, 6) is 1.93. The molecule has 0 amide bonds. The maximum Gasteiger partial charge on any atom is 0.119 e. The van der Waals surface area contributed by atoms with Crippen molar-refractivity contribution in [1.82, 2.24) is 9.88 Å². The minimum atomic E-state index is 0.136. The van der Waals surface area contributed by atoms with Gasteiger partial charge in [-0.2, -0.15) is 0 Å². The van der Waals surface area contributed by atoms with Crippen LogP contribution in [0.5, 0.6) is 5.75 Å². The largest absolute Gasteiger partial charge is 0.497 e. The molecule has 130 valence electrons. The van der Waals surface area contributed by atoms with Gasteiger partial charge in [-0.3, -0.25) is 9.88 Å². The second-order valence-corrected chi connectivity index (χ2v) is 6.92. The van der Waals surface area contributed by atoms with Gasteiger partial charge in [-0.05, 0) is 55.5 Å². The summed E-state index contributed by atoms with van der Waals surface area (Å²) >= 11 is 0. The molecule has 5 nitrogen and oxygen atoms in total. The molecule has 4 atom stereocenters. The number of rotatable bonds is 4. The fourth-order valence-electron chi connectivity index (χ4n) is 4.40. The molecule has 2 bridgehead atoms. The van der Waals surface area contributed by atoms with E-state index in [1.807, 2.05) is 24.3 Å². The van der Waals surface area contributed by atoms with Crippen LogP contribution in [0.2, 0.25) is 0 Å². The third kappa shape index (κ3) is 2.68. The van der Waals surface area contributed by atoms with Gasteiger partial charge < -0.3 is 9.94 Å². The number of benzene rings is 1. The number of hydrogen-bond donors (Lipinski definition) is 1. The van der Waals surface area contributed by atoms with Crippen molar-refractivity contribution in [2.24, 2.45) is 17.0 Å². The Labute approximate surface area is 147 Å². The van der Waals surface area contributed by atoms with Gasteiger partial charge in [-0.1, -0.05) is 11.2 Å². The van der Waals surface area contributed by atoms with Gasteiger partial charge in [0, 0.05) is 23.7 Å². The predicted molar refractivity (Wildman–Crippen MR) is 98.4 cm³/mol. The van der Waals surface area contributed by atoms with Crippen molar-refractivity contribution in [3.05, 3.63) is 48.7 Å². The van der Waals surface area contributed by atoms with Gasteiger partial charge in [-0.15, -0.1) is 6.58 Å². The molecule has 1 aromatic carbocycles. The number of ether oxygens (including phenoxy) is 1. The Morgan fingerprint density at radius 2 is 2.32 bits per heavy atom. The molecule has 5 heteroatoms. The Balaban J connectivity index is 1.75. The first kappa shape index (κ1) is 16.1. The molecule has 5 rings (SSSR count). The molecule has 1 N–H and O–H groups in total. The van der Waals surface area contributed by atoms with E-state index in [0.717, 1.165) is 47.4 Å². The van der Waals surface area contributed by atoms with Crippen LogP contribution < -0.4 is 4.74 Å². The minimum Gasteiger partial charge on any atom is -0.497 e. The van der Waals surface area contributed by atoms with Crippen LogP contribution in [0.3, 0.4) is 0 Å². The number of pyridine rings is 1. The standard InChI is InChI=1S/C20H23N3O2/c1-3-13-12-23-9-7-14(13)10-19(23)20(22-24)16-6-8-21-18-5-4-15(25-2)11-17(16)18/h3-6,8,11,13-14,19,24H,1,7,9-10,12H2,2H3/b22-20-. The van der Waals surface area contributed by atoms with Crippen molar-refractivity contribution in [2.45, 2.75) is 18.9 Å². The van der Waals surface area contributed by atoms with Crippen LogP contribution in [-0.2, 0) is 0 Å². The molecule has 3 saturated heterocycles. The molecule has 0 radical (unpaired) electrons. The van der Waals surface area contributed by atoms with Crippen molar-refractivity contribution in [1.29, 1.82) is 0 Å². The zero-order chi connectivity index (χ0) is 17.4. The lowest BCUT2D eigenvalue weighted by atomic mass is 9.74. The summed E-state index contributed by atoms with van der Waals surface area (Å²) in [7, 11) is 1.65. The van der Waals surface area contributed by atoms with E-state index in [9.17, 15) is 5.21 Å². The van der Waals surface area contributed by atoms with Crippen molar-refractivity contribution in [2.75, 3.05) is 20.2 Å². The topological polar surface area (TPSA) is 58.0 Å². The summed E-state index contributed by atoms with van der Waals surface area (Å²) in [6.45, 7) is 6.02. The summed E-state index contributed by atoms with van der Waals surface area (Å²) in [6.07, 6.45) is 6.05. The first-order valence-electron chi connectivity index (χ1n) is 8.77. The third-order valence-corrected chi connectivity index (χ3v) is 5.76. The molecule has 3 aliphatic rings. The summed E-state index contributed by atoms with van der Waals surface area (Å²) in [4.78, 5) is 6.86. The van der Waals surface area contributed by atoms with E-state index in [0.29, 0.717) is 11.8 Å². The summed E-state index contributed by atoms with van der Waals surface area (Å²) in [5.41, 5.74) is 2.53. The van der Waals surface area contributed by atoms with Gasteiger partial charge in [-0.25, -0.2) is 0 Å². The average Bonchev–Trinajstić information content (AvgIpc) is 2.68. The number of piperidine rings is 3. The highest BCUT2D eigenvalue weighted by Crippen LogP contribution is 2.38. The number of hydrogen-bond acceptors (Lipinski definition) is 5. The maximum atomic E-state index is 9.86. The minimum absolute atomic E-state index is 0.136. The molecular formula is C20H23N3O2. The lowest BCUT2D eigenvalue weighted by Gasteiger charge is -2.49. The Morgan fingerprint density at radius 1 is 1.44 bits per heavy atom. The summed E-state index contributed by atoms with van der Waals surface area (Å²) in [6, 6.07) is 7.87. The quantitative estimate of drug-likeness (QED) is 0.402. The van der Waals surface area contributed by atoms with Crippen LogP contribution in [0, 0.1) is 11.8 Å². The molecule has 2 aromatic rings. The molecule has 3 aliphatic heterocycles. The number of nitrogens with zero attached hydrogens (tertiary/aromatic N) is 3. The van der Waals surface area contributed by atoms with E-state index in [1.165, 1.54) is 6.42 Å². The molecule has 1 aromatic heterocycles. The van der Waals surface area contributed by atoms with Gasteiger partial charge in [0.15, 0.2) is 0 Å². The molecule has 25 heavy (non-hydrogen) atoms. The second-order valence-electron chi connectivity index (χ2n) is 6.92. The highest BCUT2D eigenvalue weighted by atomic mass is 16.5. The second kappa shape index (κ2) is 6.48. The fourth-order valence-corrected chi connectivity index (χ4v) is 4.40. The first-order chi connectivity index (χ1) is 12.2. The van der Waals surface area contributed by atoms with Crippen LogP contribution >= 0.6 is 0 Å². The van der Waals surface area contributed by atoms with Crippen LogP contribution in [-0.4, -0.2) is 47.0 Å². The molecule has 0 aliphatic carbocycles. The number of oxime groups is 1. The monoisotopic (exact) mass is 337 g/mol. The molecule has 3 fully saturated rings. The number of aromatic nitrogens is 1. The van der Waals surface area contributed by atoms with Crippen molar-refractivity contribution < 1.29 is 9.94 Å². The van der Waals surface area contributed by atoms with Gasteiger partial charge in [0.1, 0.15) is 11.5 Å². The Bertz CT molecular complexity index is 833. The predicted octanol–water partition coefficient (Wildman–Crippen LogP) is 3.32. The molecule has 0 saturated carbocycles. The van der Waals surface area contributed by atoms with E-state index in [-0.39, 0.29) is 6.04 Å². The van der Waals surface area contributed by atoms with Crippen molar-refractivity contribution >= 4 is 16.6 Å². The molecule has 0 spiro atoms. The van der Waals surface area contributed by atoms with E-state index in [2.05, 4.69) is 27.7 Å². The van der Waals surface area contributed by atoms with E-state index < -0.39 is 0 Å². The number of fused-ring (bicyclic) bond motifs is 4. The Morgan fingerprint density at radius 3 is 3.00 bits per heavy atom. The van der Waals surface area contributed by atoms with Gasteiger partial charge >= 0.3 is 0 Å². The van der Waals surface area contributed by atoms with Crippen molar-refractivity contribution in [3.63, 3.8) is 0 Å². The van der Waals surface area contributed by atoms with Gasteiger partial charge in [0.25, 0.3) is 0 Å². The normalized spacial score (nSPS) is 28.9. The highest BCUT2D eigenvalue weighted by molar-refractivity contribution is 6.12. The van der Waals surface area contributed by atoms with E-state index >= 15 is 0 Å². The highest BCUT2D eigenvalue weighted by Gasteiger charge is 2.41. The van der Waals surface area contributed by atoms with Gasteiger partial charge in [0.2, 0.25) is 0 Å².